The minimum atomic E-state index is -4.27. The van der Waals surface area contributed by atoms with Crippen molar-refractivity contribution in [1.29, 1.82) is 0 Å². The van der Waals surface area contributed by atoms with Gasteiger partial charge in [-0.3, -0.25) is 4.72 Å². The molecule has 0 spiro atoms. The van der Waals surface area contributed by atoms with Crippen LogP contribution in [0.15, 0.2) is 50.7 Å². The van der Waals surface area contributed by atoms with E-state index < -0.39 is 32.0 Å². The number of carbonyl (C=O) groups is 1. The number of esters is 1. The molecule has 1 heterocycles. The number of rotatable bonds is 6. The van der Waals surface area contributed by atoms with E-state index in [-0.39, 0.29) is 32.1 Å². The maximum Gasteiger partial charge on any atom is 0.337 e. The fourth-order valence-electron chi connectivity index (χ4n) is 3.40. The predicted molar refractivity (Wildman–Crippen MR) is 122 cm³/mol. The van der Waals surface area contributed by atoms with Crippen molar-refractivity contribution in [2.24, 2.45) is 0 Å². The number of carbonyl (C=O) groups excluding carboxylic acids is 1. The summed E-state index contributed by atoms with van der Waals surface area (Å²) in [4.78, 5) is 13.2. The quantitative estimate of drug-likeness (QED) is 0.551. The molecule has 0 saturated carbocycles. The summed E-state index contributed by atoms with van der Waals surface area (Å²) in [5.74, 6) is -0.712. The summed E-state index contributed by atoms with van der Waals surface area (Å²) in [6.45, 7) is 0.559. The first-order chi connectivity index (χ1) is 14.9. The molecule has 174 valence electrons. The normalized spacial score (nSPS) is 17.1. The van der Waals surface area contributed by atoms with Crippen LogP contribution in [0, 0.1) is 0 Å². The number of nitrogens with zero attached hydrogens (tertiary/aromatic N) is 1. The summed E-state index contributed by atoms with van der Waals surface area (Å²) in [6, 6.07) is 7.98. The molecule has 1 fully saturated rings. The van der Waals surface area contributed by atoms with Gasteiger partial charge in [0, 0.05) is 23.8 Å². The van der Waals surface area contributed by atoms with E-state index in [0.29, 0.717) is 25.1 Å². The van der Waals surface area contributed by atoms with Crippen molar-refractivity contribution in [3.05, 3.63) is 46.4 Å². The third-order valence-electron chi connectivity index (χ3n) is 4.99. The lowest BCUT2D eigenvalue weighted by molar-refractivity contribution is 0.0600. The molecule has 2 aromatic carbocycles. The highest BCUT2D eigenvalue weighted by molar-refractivity contribution is 9.10. The number of nitrogens with one attached hydrogen (secondary N) is 1. The number of halogens is 2. The smallest absolute Gasteiger partial charge is 0.337 e. The Morgan fingerprint density at radius 1 is 1.19 bits per heavy atom. The third kappa shape index (κ3) is 5.41. The first kappa shape index (κ1) is 24.5. The van der Waals surface area contributed by atoms with Crippen LogP contribution in [0.25, 0.3) is 0 Å². The highest BCUT2D eigenvalue weighted by atomic mass is 79.9. The van der Waals surface area contributed by atoms with Gasteiger partial charge in [-0.2, -0.15) is 0 Å². The van der Waals surface area contributed by atoms with Crippen molar-refractivity contribution in [3.8, 4) is 0 Å². The van der Waals surface area contributed by atoms with Crippen LogP contribution in [0.5, 0.6) is 0 Å². The van der Waals surface area contributed by atoms with E-state index >= 15 is 0 Å². The maximum absolute atomic E-state index is 14.0. The van der Waals surface area contributed by atoms with Gasteiger partial charge >= 0.3 is 5.97 Å². The number of sulfonamides is 1. The van der Waals surface area contributed by atoms with E-state index in [4.69, 9.17) is 0 Å². The largest absolute Gasteiger partial charge is 0.465 e. The molecule has 12 heteroatoms. The third-order valence-corrected chi connectivity index (χ3v) is 8.46. The molecule has 0 amide bonds. The summed E-state index contributed by atoms with van der Waals surface area (Å²) < 4.78 is 71.8. The molecule has 8 nitrogen and oxygen atoms in total. The van der Waals surface area contributed by atoms with Crippen molar-refractivity contribution >= 4 is 53.1 Å². The second kappa shape index (κ2) is 9.36. The lowest BCUT2D eigenvalue weighted by Crippen LogP contribution is -2.37. The van der Waals surface area contributed by atoms with Gasteiger partial charge in [-0.15, -0.1) is 0 Å². The van der Waals surface area contributed by atoms with Crippen LogP contribution in [0.2, 0.25) is 0 Å². The Labute approximate surface area is 194 Å². The van der Waals surface area contributed by atoms with E-state index in [9.17, 15) is 26.0 Å². The van der Waals surface area contributed by atoms with E-state index in [1.807, 2.05) is 0 Å². The average molecular weight is 549 g/mol. The zero-order chi connectivity index (χ0) is 23.7. The summed E-state index contributed by atoms with van der Waals surface area (Å²) in [7, 11) is -6.72. The van der Waals surface area contributed by atoms with Gasteiger partial charge < -0.3 is 9.64 Å². The van der Waals surface area contributed by atoms with Crippen LogP contribution in [0.4, 0.5) is 15.8 Å². The van der Waals surface area contributed by atoms with Gasteiger partial charge in [0.1, 0.15) is 11.1 Å². The first-order valence-corrected chi connectivity index (χ1v) is 13.7. The second-order valence-electron chi connectivity index (χ2n) is 7.38. The van der Waals surface area contributed by atoms with E-state index in [1.54, 1.807) is 4.90 Å². The zero-order valence-corrected chi connectivity index (χ0v) is 20.6. The highest BCUT2D eigenvalue weighted by Gasteiger charge is 2.26. The summed E-state index contributed by atoms with van der Waals surface area (Å²) in [5, 5.41) is 0. The Morgan fingerprint density at radius 2 is 1.91 bits per heavy atom. The van der Waals surface area contributed by atoms with Crippen molar-refractivity contribution in [2.45, 2.75) is 28.8 Å². The Kier molecular flexibility index (Phi) is 7.15. The number of methoxy groups -OCH3 is 1. The zero-order valence-electron chi connectivity index (χ0n) is 17.3. The molecule has 2 aromatic rings. The molecule has 3 rings (SSSR count). The van der Waals surface area contributed by atoms with Gasteiger partial charge in [0.2, 0.25) is 0 Å². The lowest BCUT2D eigenvalue weighted by Gasteiger charge is -2.32. The molecule has 1 N–H and O–H groups in total. The number of ether oxygens (including phenoxy) is 1. The summed E-state index contributed by atoms with van der Waals surface area (Å²) in [6.07, 6.45) is 0.920. The molecule has 0 aromatic heterocycles. The second-order valence-corrected chi connectivity index (χ2v) is 11.9. The van der Waals surface area contributed by atoms with Gasteiger partial charge in [-0.25, -0.2) is 26.0 Å². The number of anilines is 2. The number of piperidine rings is 1. The number of hydrogen-bond acceptors (Lipinski definition) is 7. The fourth-order valence-corrected chi connectivity index (χ4v) is 6.10. The van der Waals surface area contributed by atoms with E-state index in [2.05, 4.69) is 25.4 Å². The molecule has 0 radical (unpaired) electrons. The minimum absolute atomic E-state index is 0.00241. The monoisotopic (exact) mass is 548 g/mol. The fraction of sp³-hybridized carbons (Fsp3) is 0.350. The Bertz CT molecular complexity index is 1250. The Morgan fingerprint density at radius 3 is 2.53 bits per heavy atom. The number of alkyl halides is 1. The van der Waals surface area contributed by atoms with Gasteiger partial charge in [0.25, 0.3) is 10.0 Å². The van der Waals surface area contributed by atoms with E-state index in [0.717, 1.165) is 12.3 Å². The number of sulfone groups is 1. The SMILES string of the molecule is COC(=O)c1ccc(Br)c(S(=O)(=O)Nc2cc(S(C)(=O)=O)ccc2N2CCC[C@@H](F)C2)c1. The van der Waals surface area contributed by atoms with Crippen LogP contribution in [0.3, 0.4) is 0 Å². The molecule has 1 saturated heterocycles. The van der Waals surface area contributed by atoms with Crippen LogP contribution in [-0.4, -0.2) is 55.4 Å². The predicted octanol–water partition coefficient (Wildman–Crippen LogP) is 3.38. The molecular weight excluding hydrogens is 527 g/mol. The van der Waals surface area contributed by atoms with Crippen molar-refractivity contribution in [3.63, 3.8) is 0 Å². The summed E-state index contributed by atoms with van der Waals surface area (Å²) in [5.41, 5.74) is 0.387. The maximum atomic E-state index is 14.0. The van der Waals surface area contributed by atoms with Crippen LogP contribution >= 0.6 is 15.9 Å². The topological polar surface area (TPSA) is 110 Å². The first-order valence-electron chi connectivity index (χ1n) is 9.56. The Balaban J connectivity index is 2.09. The lowest BCUT2D eigenvalue weighted by atomic mass is 10.1. The van der Waals surface area contributed by atoms with Crippen molar-refractivity contribution < 1.29 is 30.8 Å². The van der Waals surface area contributed by atoms with Crippen molar-refractivity contribution in [1.82, 2.24) is 0 Å². The minimum Gasteiger partial charge on any atom is -0.465 e. The van der Waals surface area contributed by atoms with Crippen LogP contribution in [-0.2, 0) is 24.6 Å². The van der Waals surface area contributed by atoms with Gasteiger partial charge in [0.15, 0.2) is 9.84 Å². The molecular formula is C20H22BrFN2O6S2. The number of hydrogen-bond donors (Lipinski definition) is 1. The standard InChI is InChI=1S/C20H22BrFN2O6S2/c1-30-20(25)13-5-7-16(21)19(10-13)32(28,29)23-17-11-15(31(2,26)27)6-8-18(17)24-9-3-4-14(22)12-24/h5-8,10-11,14,23H,3-4,9,12H2,1-2H3/t14-/m1/s1. The van der Waals surface area contributed by atoms with Gasteiger partial charge in [-0.05, 0) is 65.2 Å². The van der Waals surface area contributed by atoms with Crippen LogP contribution in [0.1, 0.15) is 23.2 Å². The molecule has 1 atom stereocenters. The van der Waals surface area contributed by atoms with Gasteiger partial charge in [-0.1, -0.05) is 0 Å². The molecule has 32 heavy (non-hydrogen) atoms. The average Bonchev–Trinajstić information content (AvgIpc) is 2.72. The molecule has 0 bridgehead atoms. The van der Waals surface area contributed by atoms with E-state index in [1.165, 1.54) is 37.4 Å². The molecule has 1 aliphatic heterocycles. The van der Waals surface area contributed by atoms with Crippen LogP contribution < -0.4 is 9.62 Å². The molecule has 0 aliphatic carbocycles. The van der Waals surface area contributed by atoms with Crippen molar-refractivity contribution in [2.75, 3.05) is 36.1 Å². The molecule has 1 aliphatic rings. The highest BCUT2D eigenvalue weighted by Crippen LogP contribution is 2.34. The summed E-state index contributed by atoms with van der Waals surface area (Å²) >= 11 is 3.17. The number of benzene rings is 2. The van der Waals surface area contributed by atoms with Gasteiger partial charge in [0.05, 0.1) is 28.9 Å². The molecule has 0 unspecified atom stereocenters. The Hall–Kier alpha value is -2.18.